The van der Waals surface area contributed by atoms with Crippen LogP contribution >= 0.6 is 11.5 Å². The van der Waals surface area contributed by atoms with Gasteiger partial charge in [-0.1, -0.05) is 12.1 Å². The van der Waals surface area contributed by atoms with E-state index in [9.17, 15) is 9.59 Å². The number of nitrogens with zero attached hydrogens (tertiary/aromatic N) is 2. The smallest absolute Gasteiger partial charge is 0.338 e. The van der Waals surface area contributed by atoms with Crippen molar-refractivity contribution in [3.8, 4) is 5.75 Å². The first-order chi connectivity index (χ1) is 11.5. The van der Waals surface area contributed by atoms with Crippen molar-refractivity contribution < 1.29 is 9.53 Å². The fraction of sp³-hybridized carbons (Fsp3) is 0.235. The minimum absolute atomic E-state index is 0.115. The molecule has 0 unspecified atom stereocenters. The summed E-state index contributed by atoms with van der Waals surface area (Å²) in [6, 6.07) is 10.4. The maximum atomic E-state index is 12.2. The van der Waals surface area contributed by atoms with Crippen LogP contribution in [0, 0.1) is 0 Å². The Morgan fingerprint density at radius 3 is 2.71 bits per heavy atom. The molecule has 0 spiro atoms. The number of benzene rings is 1. The van der Waals surface area contributed by atoms with Crippen LogP contribution < -0.4 is 15.6 Å². The molecule has 1 aromatic carbocycles. The zero-order valence-corrected chi connectivity index (χ0v) is 14.2. The number of hydrogen-bond donors (Lipinski definition) is 1. The molecule has 0 aliphatic rings. The van der Waals surface area contributed by atoms with Gasteiger partial charge in [0, 0.05) is 12.7 Å². The Balaban J connectivity index is 1.68. The number of nitrogens with one attached hydrogen (secondary N) is 1. The summed E-state index contributed by atoms with van der Waals surface area (Å²) in [4.78, 5) is 29.1. The molecule has 0 fully saturated rings. The molecule has 0 aliphatic heterocycles. The van der Waals surface area contributed by atoms with E-state index in [0.717, 1.165) is 26.8 Å². The Morgan fingerprint density at radius 2 is 2.04 bits per heavy atom. The van der Waals surface area contributed by atoms with Crippen molar-refractivity contribution in [1.29, 1.82) is 0 Å². The van der Waals surface area contributed by atoms with Gasteiger partial charge in [0.15, 0.2) is 0 Å². The van der Waals surface area contributed by atoms with Crippen molar-refractivity contribution in [3.05, 3.63) is 58.5 Å². The van der Waals surface area contributed by atoms with E-state index in [1.807, 2.05) is 38.1 Å². The van der Waals surface area contributed by atoms with Gasteiger partial charge in [-0.15, -0.1) is 0 Å². The number of fused-ring (bicyclic) bond motifs is 1. The molecule has 6 nitrogen and oxygen atoms in total. The molecule has 0 bridgehead atoms. The van der Waals surface area contributed by atoms with E-state index in [0.29, 0.717) is 16.8 Å². The molecule has 3 aromatic rings. The Hall–Kier alpha value is -2.67. The van der Waals surface area contributed by atoms with Crippen LogP contribution in [0.15, 0.2) is 47.4 Å². The van der Waals surface area contributed by atoms with Crippen molar-refractivity contribution in [1.82, 2.24) is 14.3 Å². The molecule has 0 aliphatic carbocycles. The fourth-order valence-corrected chi connectivity index (χ4v) is 3.07. The Kier molecular flexibility index (Phi) is 4.61. The van der Waals surface area contributed by atoms with E-state index < -0.39 is 6.03 Å². The lowest BCUT2D eigenvalue weighted by Crippen LogP contribution is -2.32. The van der Waals surface area contributed by atoms with E-state index >= 15 is 0 Å². The second kappa shape index (κ2) is 6.84. The standard InChI is InChI=1S/C17H17N3O3S/c1-11(2)23-13-7-5-12(6-8-13)10-19-17(22)20-16(21)14-4-3-9-18-15(14)24-20/h3-9,11H,10H2,1-2H3,(H,19,22). The van der Waals surface area contributed by atoms with Gasteiger partial charge in [0.1, 0.15) is 10.6 Å². The van der Waals surface area contributed by atoms with Crippen LogP contribution in [0.1, 0.15) is 19.4 Å². The highest BCUT2D eigenvalue weighted by Crippen LogP contribution is 2.14. The van der Waals surface area contributed by atoms with Crippen molar-refractivity contribution in [2.75, 3.05) is 0 Å². The number of carbonyl (C=O) groups is 1. The first kappa shape index (κ1) is 16.2. The number of pyridine rings is 1. The second-order valence-corrected chi connectivity index (χ2v) is 6.45. The van der Waals surface area contributed by atoms with Gasteiger partial charge >= 0.3 is 6.03 Å². The van der Waals surface area contributed by atoms with Crippen LogP contribution in [0.25, 0.3) is 10.2 Å². The highest BCUT2D eigenvalue weighted by molar-refractivity contribution is 7.14. The molecule has 24 heavy (non-hydrogen) atoms. The topological polar surface area (TPSA) is 73.2 Å². The van der Waals surface area contributed by atoms with Crippen LogP contribution in [-0.4, -0.2) is 21.1 Å². The number of hydrogen-bond acceptors (Lipinski definition) is 5. The molecule has 0 saturated heterocycles. The number of aromatic nitrogens is 2. The molecule has 7 heteroatoms. The minimum Gasteiger partial charge on any atom is -0.491 e. The van der Waals surface area contributed by atoms with E-state index in [1.54, 1.807) is 18.3 Å². The first-order valence-electron chi connectivity index (χ1n) is 7.55. The lowest BCUT2D eigenvalue weighted by molar-refractivity contribution is 0.242. The first-order valence-corrected chi connectivity index (χ1v) is 8.33. The third-order valence-corrected chi connectivity index (χ3v) is 4.30. The molecule has 2 heterocycles. The molecule has 0 atom stereocenters. The minimum atomic E-state index is -0.453. The SMILES string of the molecule is CC(C)Oc1ccc(CNC(=O)n2sc3ncccc3c2=O)cc1. The molecule has 1 amide bonds. The van der Waals surface area contributed by atoms with Gasteiger partial charge in [0.25, 0.3) is 5.56 Å². The summed E-state index contributed by atoms with van der Waals surface area (Å²) < 4.78 is 6.67. The predicted octanol–water partition coefficient (Wildman–Crippen LogP) is 3.00. The van der Waals surface area contributed by atoms with Gasteiger partial charge in [-0.3, -0.25) is 4.79 Å². The number of carbonyl (C=O) groups excluding carboxylic acids is 1. The summed E-state index contributed by atoms with van der Waals surface area (Å²) in [7, 11) is 0. The summed E-state index contributed by atoms with van der Waals surface area (Å²) in [6.45, 7) is 4.26. The Labute approximate surface area is 142 Å². The number of amides is 1. The van der Waals surface area contributed by atoms with Crippen LogP contribution in [-0.2, 0) is 6.54 Å². The lowest BCUT2D eigenvalue weighted by Gasteiger charge is -2.10. The molecule has 2 aromatic heterocycles. The Bertz CT molecular complexity index is 913. The largest absolute Gasteiger partial charge is 0.491 e. The van der Waals surface area contributed by atoms with Gasteiger partial charge < -0.3 is 10.1 Å². The summed E-state index contributed by atoms with van der Waals surface area (Å²) >= 11 is 1.04. The predicted molar refractivity (Wildman–Crippen MR) is 93.7 cm³/mol. The third-order valence-electron chi connectivity index (χ3n) is 3.29. The van der Waals surface area contributed by atoms with Gasteiger partial charge in [-0.05, 0) is 55.2 Å². The van der Waals surface area contributed by atoms with E-state index in [-0.39, 0.29) is 11.7 Å². The molecule has 0 radical (unpaired) electrons. The lowest BCUT2D eigenvalue weighted by atomic mass is 10.2. The van der Waals surface area contributed by atoms with Crippen molar-refractivity contribution >= 4 is 27.8 Å². The average Bonchev–Trinajstić information content (AvgIpc) is 2.91. The van der Waals surface area contributed by atoms with E-state index in [4.69, 9.17) is 4.74 Å². The van der Waals surface area contributed by atoms with Gasteiger partial charge in [0.2, 0.25) is 0 Å². The summed E-state index contributed by atoms with van der Waals surface area (Å²) in [5, 5.41) is 3.19. The molecule has 0 saturated carbocycles. The molecular formula is C17H17N3O3S. The van der Waals surface area contributed by atoms with Crippen LogP contribution in [0.4, 0.5) is 4.79 Å². The zero-order chi connectivity index (χ0) is 17.1. The summed E-state index contributed by atoms with van der Waals surface area (Å²) in [6.07, 6.45) is 1.71. The van der Waals surface area contributed by atoms with Crippen LogP contribution in [0.2, 0.25) is 0 Å². The molecular weight excluding hydrogens is 326 g/mol. The Morgan fingerprint density at radius 1 is 1.29 bits per heavy atom. The normalized spacial score (nSPS) is 11.0. The molecule has 3 rings (SSSR count). The molecule has 1 N–H and O–H groups in total. The van der Waals surface area contributed by atoms with Crippen molar-refractivity contribution in [2.24, 2.45) is 0 Å². The van der Waals surface area contributed by atoms with E-state index in [2.05, 4.69) is 10.3 Å². The van der Waals surface area contributed by atoms with E-state index in [1.165, 1.54) is 0 Å². The van der Waals surface area contributed by atoms with Crippen molar-refractivity contribution in [2.45, 2.75) is 26.5 Å². The number of rotatable bonds is 4. The molecule has 124 valence electrons. The van der Waals surface area contributed by atoms with Gasteiger partial charge in [-0.25, -0.2) is 9.78 Å². The average molecular weight is 343 g/mol. The quantitative estimate of drug-likeness (QED) is 0.790. The number of ether oxygens (including phenoxy) is 1. The van der Waals surface area contributed by atoms with Crippen molar-refractivity contribution in [3.63, 3.8) is 0 Å². The van der Waals surface area contributed by atoms with Gasteiger partial charge in [-0.2, -0.15) is 3.96 Å². The fourth-order valence-electron chi connectivity index (χ4n) is 2.20. The van der Waals surface area contributed by atoms with Crippen LogP contribution in [0.5, 0.6) is 5.75 Å². The summed E-state index contributed by atoms with van der Waals surface area (Å²) in [5.41, 5.74) is 0.577. The highest BCUT2D eigenvalue weighted by Gasteiger charge is 2.13. The maximum absolute atomic E-state index is 12.2. The second-order valence-electron chi connectivity index (χ2n) is 5.52. The summed E-state index contributed by atoms with van der Waals surface area (Å²) in [5.74, 6) is 0.784. The third kappa shape index (κ3) is 3.46. The highest BCUT2D eigenvalue weighted by atomic mass is 32.1. The maximum Gasteiger partial charge on any atom is 0.338 e. The van der Waals surface area contributed by atoms with Crippen LogP contribution in [0.3, 0.4) is 0 Å². The monoisotopic (exact) mass is 343 g/mol. The van der Waals surface area contributed by atoms with Gasteiger partial charge in [0.05, 0.1) is 11.5 Å². The zero-order valence-electron chi connectivity index (χ0n) is 13.4.